The Balaban J connectivity index is 2.27. The molecule has 3 rings (SSSR count). The van der Waals surface area contributed by atoms with E-state index in [-0.39, 0.29) is 5.78 Å². The van der Waals surface area contributed by atoms with Crippen LogP contribution in [0.3, 0.4) is 0 Å². The Morgan fingerprint density at radius 2 is 1.47 bits per heavy atom. The second-order valence-corrected chi connectivity index (χ2v) is 10.4. The maximum Gasteiger partial charge on any atom is 0.203 e. The van der Waals surface area contributed by atoms with Gasteiger partial charge < -0.3 is 28.5 Å². The van der Waals surface area contributed by atoms with Gasteiger partial charge in [0, 0.05) is 16.6 Å². The van der Waals surface area contributed by atoms with Crippen molar-refractivity contribution in [3.05, 3.63) is 41.1 Å². The minimum absolute atomic E-state index is 0.212. The van der Waals surface area contributed by atoms with Crippen LogP contribution in [0.15, 0.2) is 24.3 Å². The molecular formula is C22H26NO6P. The van der Waals surface area contributed by atoms with E-state index in [0.29, 0.717) is 56.0 Å². The second-order valence-electron chi connectivity index (χ2n) is 7.26. The predicted molar refractivity (Wildman–Crippen MR) is 118 cm³/mol. The van der Waals surface area contributed by atoms with Gasteiger partial charge in [0.2, 0.25) is 5.75 Å². The molecule has 1 N–H and O–H groups in total. The first-order valence-electron chi connectivity index (χ1n) is 9.27. The Labute approximate surface area is 175 Å². The molecule has 1 heterocycles. The highest BCUT2D eigenvalue weighted by atomic mass is 31.2. The smallest absolute Gasteiger partial charge is 0.203 e. The van der Waals surface area contributed by atoms with Gasteiger partial charge in [0.1, 0.15) is 12.9 Å². The predicted octanol–water partition coefficient (Wildman–Crippen LogP) is 3.99. The van der Waals surface area contributed by atoms with E-state index >= 15 is 0 Å². The van der Waals surface area contributed by atoms with Crippen molar-refractivity contribution in [3.8, 4) is 23.0 Å². The van der Waals surface area contributed by atoms with Crippen LogP contribution in [0.2, 0.25) is 0 Å². The van der Waals surface area contributed by atoms with Gasteiger partial charge in [0.05, 0.1) is 44.8 Å². The van der Waals surface area contributed by atoms with E-state index in [2.05, 4.69) is 4.98 Å². The number of methoxy groups -OCH3 is 4. The van der Waals surface area contributed by atoms with Gasteiger partial charge in [-0.3, -0.25) is 4.79 Å². The van der Waals surface area contributed by atoms with Crippen LogP contribution in [-0.2, 0) is 4.57 Å². The first-order chi connectivity index (χ1) is 14.2. The molecule has 0 spiro atoms. The number of benzene rings is 2. The van der Waals surface area contributed by atoms with Crippen molar-refractivity contribution in [1.82, 2.24) is 4.98 Å². The number of aromatic nitrogens is 1. The topological polar surface area (TPSA) is 86.9 Å². The van der Waals surface area contributed by atoms with Crippen LogP contribution in [0.4, 0.5) is 0 Å². The molecule has 0 bridgehead atoms. The summed E-state index contributed by atoms with van der Waals surface area (Å²) in [6, 6.07) is 6.80. The van der Waals surface area contributed by atoms with Gasteiger partial charge in [-0.2, -0.15) is 0 Å². The Bertz CT molecular complexity index is 1150. The molecule has 0 unspecified atom stereocenters. The number of aromatic amines is 1. The molecule has 2 aromatic carbocycles. The second kappa shape index (κ2) is 8.07. The number of carbonyl (C=O) groups is 1. The van der Waals surface area contributed by atoms with E-state index in [4.69, 9.17) is 18.9 Å². The van der Waals surface area contributed by atoms with Crippen LogP contribution in [0, 0.1) is 6.92 Å². The third kappa shape index (κ3) is 3.54. The van der Waals surface area contributed by atoms with E-state index in [1.54, 1.807) is 31.5 Å². The number of nitrogens with one attached hydrogen (secondary N) is 1. The number of ketones is 1. The van der Waals surface area contributed by atoms with Crippen LogP contribution in [0.5, 0.6) is 23.0 Å². The maximum atomic E-state index is 13.5. The number of ether oxygens (including phenoxy) is 4. The van der Waals surface area contributed by atoms with Gasteiger partial charge in [-0.1, -0.05) is 0 Å². The fourth-order valence-electron chi connectivity index (χ4n) is 3.71. The van der Waals surface area contributed by atoms with Crippen molar-refractivity contribution < 1.29 is 28.3 Å². The highest BCUT2D eigenvalue weighted by Crippen LogP contribution is 2.43. The van der Waals surface area contributed by atoms with Crippen molar-refractivity contribution >= 4 is 29.1 Å². The molecule has 0 amide bonds. The van der Waals surface area contributed by atoms with Crippen LogP contribution < -0.4 is 24.3 Å². The number of aryl methyl sites for hydroxylation is 1. The summed E-state index contributed by atoms with van der Waals surface area (Å²) >= 11 is 0. The third-order valence-corrected chi connectivity index (χ3v) is 6.53. The zero-order valence-electron chi connectivity index (χ0n) is 18.2. The lowest BCUT2D eigenvalue weighted by Crippen LogP contribution is -2.09. The van der Waals surface area contributed by atoms with Crippen LogP contribution in [0.25, 0.3) is 10.9 Å². The Kier molecular flexibility index (Phi) is 5.86. The lowest BCUT2D eigenvalue weighted by Gasteiger charge is -2.14. The first kappa shape index (κ1) is 21.8. The molecule has 0 aliphatic carbocycles. The number of hydrogen-bond donors (Lipinski definition) is 1. The highest BCUT2D eigenvalue weighted by molar-refractivity contribution is 7.70. The summed E-state index contributed by atoms with van der Waals surface area (Å²) in [5.41, 5.74) is 2.21. The van der Waals surface area contributed by atoms with Gasteiger partial charge in [-0.05, 0) is 44.5 Å². The molecule has 0 atom stereocenters. The summed E-state index contributed by atoms with van der Waals surface area (Å²) in [7, 11) is 3.36. The summed E-state index contributed by atoms with van der Waals surface area (Å²) in [6.07, 6.45) is 0. The molecule has 0 saturated carbocycles. The maximum absolute atomic E-state index is 13.5. The number of hydrogen-bond acceptors (Lipinski definition) is 6. The van der Waals surface area contributed by atoms with Crippen molar-refractivity contribution in [1.29, 1.82) is 0 Å². The molecular weight excluding hydrogens is 405 g/mol. The van der Waals surface area contributed by atoms with Crippen LogP contribution in [-0.4, -0.2) is 52.5 Å². The normalized spacial score (nSPS) is 11.4. The first-order valence-corrected chi connectivity index (χ1v) is 11.9. The molecule has 8 heteroatoms. The van der Waals surface area contributed by atoms with E-state index in [1.807, 2.05) is 13.0 Å². The fraction of sp³-hybridized carbons (Fsp3) is 0.318. The summed E-state index contributed by atoms with van der Waals surface area (Å²) < 4.78 is 34.5. The standard InChI is InChI=1S/C22H26NO6P/c1-12-18(14-8-9-15(26-2)22(19(14)23-12)30(6,7)25)20(24)13-10-16(27-3)21(29-5)17(11-13)28-4/h8-11,23H,1-7H3. The fourth-order valence-corrected chi connectivity index (χ4v) is 5.12. The molecule has 0 radical (unpaired) electrons. The lowest BCUT2D eigenvalue weighted by molar-refractivity contribution is 0.103. The van der Waals surface area contributed by atoms with Gasteiger partial charge in [-0.15, -0.1) is 0 Å². The average Bonchev–Trinajstić information content (AvgIpc) is 3.05. The van der Waals surface area contributed by atoms with Gasteiger partial charge in [-0.25, -0.2) is 0 Å². The molecule has 160 valence electrons. The van der Waals surface area contributed by atoms with Crippen molar-refractivity contribution in [2.24, 2.45) is 0 Å². The Morgan fingerprint density at radius 1 is 0.900 bits per heavy atom. The molecule has 0 fully saturated rings. The minimum Gasteiger partial charge on any atom is -0.496 e. The number of fused-ring (bicyclic) bond motifs is 1. The Morgan fingerprint density at radius 3 is 1.93 bits per heavy atom. The average molecular weight is 431 g/mol. The molecule has 0 aliphatic rings. The summed E-state index contributed by atoms with van der Waals surface area (Å²) in [5, 5.41) is 1.28. The van der Waals surface area contributed by atoms with Gasteiger partial charge in [0.25, 0.3) is 0 Å². The lowest BCUT2D eigenvalue weighted by atomic mass is 9.99. The summed E-state index contributed by atoms with van der Waals surface area (Å²) in [6.45, 7) is 5.18. The zero-order chi connectivity index (χ0) is 22.2. The quantitative estimate of drug-likeness (QED) is 0.450. The number of H-pyrrole nitrogens is 1. The molecule has 1 aromatic heterocycles. The Hall–Kier alpha value is -2.92. The highest BCUT2D eigenvalue weighted by Gasteiger charge is 2.27. The SMILES string of the molecule is COc1cc(C(=O)c2c(C)[nH]c3c(P(C)(C)=O)c(OC)ccc23)cc(OC)c1OC. The molecule has 3 aromatic rings. The van der Waals surface area contributed by atoms with E-state index < -0.39 is 7.14 Å². The van der Waals surface area contributed by atoms with E-state index in [0.717, 1.165) is 0 Å². The van der Waals surface area contributed by atoms with Crippen LogP contribution in [0.1, 0.15) is 21.6 Å². The van der Waals surface area contributed by atoms with E-state index in [1.165, 1.54) is 28.4 Å². The van der Waals surface area contributed by atoms with Crippen molar-refractivity contribution in [2.75, 3.05) is 41.8 Å². The van der Waals surface area contributed by atoms with Gasteiger partial charge in [0.15, 0.2) is 17.3 Å². The number of rotatable bonds is 7. The zero-order valence-corrected chi connectivity index (χ0v) is 19.1. The largest absolute Gasteiger partial charge is 0.496 e. The monoisotopic (exact) mass is 431 g/mol. The van der Waals surface area contributed by atoms with Crippen molar-refractivity contribution in [2.45, 2.75) is 6.92 Å². The minimum atomic E-state index is -2.69. The number of carbonyl (C=O) groups excluding carboxylic acids is 1. The van der Waals surface area contributed by atoms with E-state index in [9.17, 15) is 9.36 Å². The molecule has 0 saturated heterocycles. The molecule has 0 aliphatic heterocycles. The van der Waals surface area contributed by atoms with Crippen LogP contribution >= 0.6 is 7.14 Å². The van der Waals surface area contributed by atoms with Gasteiger partial charge >= 0.3 is 0 Å². The summed E-state index contributed by atoms with van der Waals surface area (Å²) in [5.74, 6) is 1.52. The molecule has 7 nitrogen and oxygen atoms in total. The molecule has 30 heavy (non-hydrogen) atoms. The third-order valence-electron chi connectivity index (χ3n) is 5.01. The summed E-state index contributed by atoms with van der Waals surface area (Å²) in [4.78, 5) is 16.8. The van der Waals surface area contributed by atoms with Crippen molar-refractivity contribution in [3.63, 3.8) is 0 Å².